The molecule has 12 heteroatoms. The zero-order valence-electron chi connectivity index (χ0n) is 39.0. The number of anilines is 3. The average molecular weight is 914 g/mol. The van der Waals surface area contributed by atoms with Gasteiger partial charge in [-0.3, -0.25) is 0 Å². The Morgan fingerprint density at radius 3 is 0.746 bits per heavy atom. The van der Waals surface area contributed by atoms with Crippen LogP contribution < -0.4 is 14.7 Å². The first-order valence-corrected chi connectivity index (χ1v) is 24.3. The first kappa shape index (κ1) is 50.5. The molecule has 0 aliphatic carbocycles. The van der Waals surface area contributed by atoms with Gasteiger partial charge in [-0.15, -0.1) is 0 Å². The van der Waals surface area contributed by atoms with Crippen LogP contribution in [0.4, 0.5) is 31.0 Å². The minimum atomic E-state index is -0.199. The van der Waals surface area contributed by atoms with E-state index in [1.807, 2.05) is 73.6 Å². The third-order valence-corrected chi connectivity index (χ3v) is 13.1. The zero-order chi connectivity index (χ0) is 46.1. The molecular weight excluding hydrogens is 844 g/mol. The lowest BCUT2D eigenvalue weighted by Crippen LogP contribution is -2.30. The molecule has 6 aromatic rings. The molecule has 3 saturated heterocycles. The Bertz CT molecular complexity index is 2030. The van der Waals surface area contributed by atoms with Crippen LogP contribution in [0.5, 0.6) is 0 Å². The molecule has 3 fully saturated rings. The number of hydrogen-bond donors (Lipinski definition) is 0. The predicted octanol–water partition coefficient (Wildman–Crippen LogP) is 13.1. The van der Waals surface area contributed by atoms with Gasteiger partial charge in [0.05, 0.1) is 0 Å². The van der Waals surface area contributed by atoms with E-state index in [0.29, 0.717) is 0 Å². The van der Waals surface area contributed by atoms with Crippen molar-refractivity contribution in [2.75, 3.05) is 54.0 Å². The second kappa shape index (κ2) is 25.9. The summed E-state index contributed by atoms with van der Waals surface area (Å²) in [6.45, 7) is 12.7. The van der Waals surface area contributed by atoms with Gasteiger partial charge in [0, 0.05) is 94.2 Å². The maximum atomic E-state index is 13.1. The number of aromatic nitrogens is 6. The van der Waals surface area contributed by atoms with Gasteiger partial charge in [0.15, 0.2) is 0 Å². The fraction of sp³-hybridized carbons (Fsp3) is 0.455. The summed E-state index contributed by atoms with van der Waals surface area (Å²) in [6, 6.07) is 20.2. The van der Waals surface area contributed by atoms with E-state index in [0.717, 1.165) is 110 Å². The summed E-state index contributed by atoms with van der Waals surface area (Å²) >= 11 is 0. The summed E-state index contributed by atoms with van der Waals surface area (Å²) in [5.41, 5.74) is 6.61. The minimum absolute atomic E-state index is 0. The average Bonchev–Trinajstić information content (AvgIpc) is 3.38. The Balaban J connectivity index is 0.000000165. The Morgan fingerprint density at radius 2 is 0.552 bits per heavy atom. The maximum absolute atomic E-state index is 13.1. The molecule has 356 valence electrons. The van der Waals surface area contributed by atoms with Gasteiger partial charge < -0.3 is 14.7 Å². The molecule has 3 aromatic heterocycles. The molecular formula is C55H70F3N9. The SMILES string of the molecule is C.CCC(c1ccc(F)cc1)c1cnc(N2CCCCC2)nc1.CC[C@@H](c1ccc(F)cc1)c1cnc(N2CCCCC2)nc1.CC[C@H](c1ccc(F)cc1)c1cnc(N2CCCCC2)nc1. The highest BCUT2D eigenvalue weighted by atomic mass is 19.1. The van der Waals surface area contributed by atoms with Crippen molar-refractivity contribution in [3.63, 3.8) is 0 Å². The van der Waals surface area contributed by atoms with E-state index in [9.17, 15) is 13.2 Å². The van der Waals surface area contributed by atoms with Crippen LogP contribution in [0.1, 0.15) is 156 Å². The van der Waals surface area contributed by atoms with Crippen molar-refractivity contribution in [3.8, 4) is 0 Å². The van der Waals surface area contributed by atoms with E-state index in [2.05, 4.69) is 65.4 Å². The first-order chi connectivity index (χ1) is 32.3. The van der Waals surface area contributed by atoms with E-state index >= 15 is 0 Å². The lowest BCUT2D eigenvalue weighted by molar-refractivity contribution is 0.567. The molecule has 0 saturated carbocycles. The van der Waals surface area contributed by atoms with Crippen LogP contribution in [0.25, 0.3) is 0 Å². The lowest BCUT2D eigenvalue weighted by atomic mass is 9.91. The van der Waals surface area contributed by atoms with Crippen LogP contribution >= 0.6 is 0 Å². The first-order valence-electron chi connectivity index (χ1n) is 24.3. The molecule has 3 atom stereocenters. The van der Waals surface area contributed by atoms with Gasteiger partial charge in [-0.05, 0) is 147 Å². The summed E-state index contributed by atoms with van der Waals surface area (Å²) in [5.74, 6) is 2.55. The molecule has 9 rings (SSSR count). The van der Waals surface area contributed by atoms with E-state index in [-0.39, 0.29) is 42.6 Å². The molecule has 0 N–H and O–H groups in total. The van der Waals surface area contributed by atoms with Gasteiger partial charge in [0.1, 0.15) is 17.5 Å². The summed E-state index contributed by atoms with van der Waals surface area (Å²) in [6.07, 6.45) is 25.6. The summed E-state index contributed by atoms with van der Waals surface area (Å²) < 4.78 is 39.3. The molecule has 3 aliphatic rings. The van der Waals surface area contributed by atoms with Gasteiger partial charge in [0.25, 0.3) is 0 Å². The van der Waals surface area contributed by atoms with E-state index in [1.165, 1.54) is 94.2 Å². The Morgan fingerprint density at radius 1 is 0.343 bits per heavy atom. The van der Waals surface area contributed by atoms with Crippen LogP contribution in [-0.2, 0) is 0 Å². The molecule has 6 heterocycles. The van der Waals surface area contributed by atoms with Gasteiger partial charge >= 0.3 is 0 Å². The van der Waals surface area contributed by atoms with Crippen molar-refractivity contribution in [1.29, 1.82) is 0 Å². The minimum Gasteiger partial charge on any atom is -0.341 e. The summed E-state index contributed by atoms with van der Waals surface area (Å²) in [7, 11) is 0. The smallest absolute Gasteiger partial charge is 0.225 e. The third-order valence-electron chi connectivity index (χ3n) is 13.1. The number of piperidine rings is 3. The van der Waals surface area contributed by atoms with Crippen LogP contribution in [0, 0.1) is 17.5 Å². The summed E-state index contributed by atoms with van der Waals surface area (Å²) in [5, 5.41) is 0. The molecule has 67 heavy (non-hydrogen) atoms. The number of benzene rings is 3. The van der Waals surface area contributed by atoms with Gasteiger partial charge in [0.2, 0.25) is 17.8 Å². The van der Waals surface area contributed by atoms with Crippen LogP contribution in [-0.4, -0.2) is 69.2 Å². The molecule has 1 unspecified atom stereocenters. The number of halogens is 3. The largest absolute Gasteiger partial charge is 0.341 e. The van der Waals surface area contributed by atoms with Gasteiger partial charge in [-0.1, -0.05) is 64.6 Å². The molecule has 0 bridgehead atoms. The highest BCUT2D eigenvalue weighted by molar-refractivity contribution is 5.38. The topological polar surface area (TPSA) is 87.1 Å². The lowest BCUT2D eigenvalue weighted by Gasteiger charge is -2.26. The standard InChI is InChI=1S/3C18H22FN3.CH4/c3*1-2-17(14-6-8-16(19)9-7-14)15-12-20-18(21-13-15)22-10-4-3-5-11-22;/h3*6-9,12-13,17H,2-5,10-11H2,1H3;1H4/t2*17-;;/m10../s1. The monoisotopic (exact) mass is 914 g/mol. The zero-order valence-corrected chi connectivity index (χ0v) is 39.0. The normalized spacial score (nSPS) is 16.3. The highest BCUT2D eigenvalue weighted by Crippen LogP contribution is 2.31. The van der Waals surface area contributed by atoms with Crippen molar-refractivity contribution in [2.45, 2.75) is 123 Å². The van der Waals surface area contributed by atoms with Gasteiger partial charge in [-0.25, -0.2) is 43.1 Å². The van der Waals surface area contributed by atoms with E-state index < -0.39 is 0 Å². The van der Waals surface area contributed by atoms with Crippen LogP contribution in [0.3, 0.4) is 0 Å². The molecule has 0 amide bonds. The highest BCUT2D eigenvalue weighted by Gasteiger charge is 2.20. The maximum Gasteiger partial charge on any atom is 0.225 e. The number of rotatable bonds is 12. The van der Waals surface area contributed by atoms with Crippen molar-refractivity contribution in [3.05, 3.63) is 161 Å². The summed E-state index contributed by atoms with van der Waals surface area (Å²) in [4.78, 5) is 34.1. The Hall–Kier alpha value is -5.91. The molecule has 9 nitrogen and oxygen atoms in total. The molecule has 3 aliphatic heterocycles. The predicted molar refractivity (Wildman–Crippen MR) is 267 cm³/mol. The van der Waals surface area contributed by atoms with Crippen LogP contribution in [0.2, 0.25) is 0 Å². The number of nitrogens with zero attached hydrogens (tertiary/aromatic N) is 9. The van der Waals surface area contributed by atoms with Crippen LogP contribution in [0.15, 0.2) is 110 Å². The van der Waals surface area contributed by atoms with Crippen molar-refractivity contribution < 1.29 is 13.2 Å². The van der Waals surface area contributed by atoms with Crippen molar-refractivity contribution >= 4 is 17.8 Å². The Labute approximate surface area is 397 Å². The second-order valence-electron chi connectivity index (χ2n) is 17.6. The molecule has 0 radical (unpaired) electrons. The van der Waals surface area contributed by atoms with Crippen molar-refractivity contribution in [2.24, 2.45) is 0 Å². The second-order valence-corrected chi connectivity index (χ2v) is 17.6. The Kier molecular flexibility index (Phi) is 19.5. The van der Waals surface area contributed by atoms with Crippen molar-refractivity contribution in [1.82, 2.24) is 29.9 Å². The van der Waals surface area contributed by atoms with E-state index in [1.54, 1.807) is 0 Å². The molecule has 3 aromatic carbocycles. The number of hydrogen-bond acceptors (Lipinski definition) is 9. The molecule has 0 spiro atoms. The third kappa shape index (κ3) is 14.1. The van der Waals surface area contributed by atoms with Gasteiger partial charge in [-0.2, -0.15) is 0 Å². The van der Waals surface area contributed by atoms with E-state index in [4.69, 9.17) is 0 Å². The quantitative estimate of drug-likeness (QED) is 0.119. The fourth-order valence-corrected chi connectivity index (χ4v) is 9.38. The fourth-order valence-electron chi connectivity index (χ4n) is 9.38.